The molecule has 0 unspecified atom stereocenters. The number of carbonyl (C=O) groups excluding carboxylic acids is 3. The fraction of sp³-hybridized carbons (Fsp3) is 0.565. The molecule has 0 aliphatic carbocycles. The van der Waals surface area contributed by atoms with Gasteiger partial charge in [-0.1, -0.05) is 0 Å². The van der Waals surface area contributed by atoms with Gasteiger partial charge in [-0.3, -0.25) is 19.3 Å². The van der Waals surface area contributed by atoms with Gasteiger partial charge in [0.05, 0.1) is 13.0 Å². The van der Waals surface area contributed by atoms with Crippen molar-refractivity contribution in [2.24, 2.45) is 11.7 Å². The van der Waals surface area contributed by atoms with Crippen LogP contribution in [0.4, 0.5) is 5.69 Å². The van der Waals surface area contributed by atoms with Crippen molar-refractivity contribution in [1.82, 2.24) is 14.7 Å². The van der Waals surface area contributed by atoms with Crippen LogP contribution in [0.5, 0.6) is 5.75 Å². The molecule has 2 saturated heterocycles. The Morgan fingerprint density at radius 1 is 1.18 bits per heavy atom. The van der Waals surface area contributed by atoms with Crippen LogP contribution < -0.4 is 15.8 Å². The van der Waals surface area contributed by atoms with E-state index in [2.05, 4.69) is 10.2 Å². The number of anilines is 1. The van der Waals surface area contributed by atoms with Crippen LogP contribution in [0.1, 0.15) is 32.6 Å². The van der Waals surface area contributed by atoms with E-state index in [1.807, 2.05) is 11.8 Å². The minimum atomic E-state index is -0.606. The number of likely N-dealkylation sites (N-methyl/N-ethyl adjacent to an activating group) is 1. The van der Waals surface area contributed by atoms with Crippen molar-refractivity contribution in [2.45, 2.75) is 38.6 Å². The third kappa shape index (κ3) is 6.42. The van der Waals surface area contributed by atoms with Crippen molar-refractivity contribution in [3.05, 3.63) is 24.3 Å². The van der Waals surface area contributed by atoms with Crippen LogP contribution in [0.2, 0.25) is 0 Å². The van der Waals surface area contributed by atoms with Crippen molar-refractivity contribution in [3.8, 4) is 5.75 Å². The topological polar surface area (TPSA) is 108 Å². The number of nitrogens with zero attached hydrogens (tertiary/aromatic N) is 3. The van der Waals surface area contributed by atoms with Crippen molar-refractivity contribution in [2.75, 3.05) is 45.2 Å². The van der Waals surface area contributed by atoms with E-state index >= 15 is 0 Å². The summed E-state index contributed by atoms with van der Waals surface area (Å²) >= 11 is 5.47. The first-order chi connectivity index (χ1) is 15.8. The summed E-state index contributed by atoms with van der Waals surface area (Å²) in [5, 5.41) is 3.30. The van der Waals surface area contributed by atoms with Crippen LogP contribution in [-0.2, 0) is 14.4 Å². The average molecular weight is 476 g/mol. The summed E-state index contributed by atoms with van der Waals surface area (Å²) < 4.78 is 5.41. The van der Waals surface area contributed by atoms with Crippen LogP contribution in [-0.4, -0.2) is 83.4 Å². The molecule has 2 fully saturated rings. The molecule has 3 rings (SSSR count). The minimum Gasteiger partial charge on any atom is -0.494 e. The van der Waals surface area contributed by atoms with E-state index in [9.17, 15) is 14.4 Å². The van der Waals surface area contributed by atoms with E-state index in [-0.39, 0.29) is 30.1 Å². The van der Waals surface area contributed by atoms with Crippen molar-refractivity contribution in [1.29, 1.82) is 0 Å². The first kappa shape index (κ1) is 24.9. The van der Waals surface area contributed by atoms with Crippen molar-refractivity contribution < 1.29 is 19.1 Å². The highest BCUT2D eigenvalue weighted by Crippen LogP contribution is 2.22. The number of nitrogens with one attached hydrogen (secondary N) is 1. The van der Waals surface area contributed by atoms with Gasteiger partial charge in [-0.05, 0) is 82.3 Å². The van der Waals surface area contributed by atoms with E-state index in [1.165, 1.54) is 4.90 Å². The average Bonchev–Trinajstić information content (AvgIpc) is 2.99. The third-order valence-corrected chi connectivity index (χ3v) is 6.72. The molecule has 2 aliphatic rings. The molecule has 2 aliphatic heterocycles. The lowest BCUT2D eigenvalue weighted by Gasteiger charge is -2.31. The molecule has 1 atom stereocenters. The lowest BCUT2D eigenvalue weighted by atomic mass is 9.96. The largest absolute Gasteiger partial charge is 0.494 e. The van der Waals surface area contributed by atoms with Crippen LogP contribution in [0.25, 0.3) is 0 Å². The van der Waals surface area contributed by atoms with Gasteiger partial charge in [-0.2, -0.15) is 0 Å². The molecule has 0 bridgehead atoms. The molecule has 0 saturated carbocycles. The Balaban J connectivity index is 1.51. The number of ether oxygens (including phenoxy) is 1. The molecule has 10 heteroatoms. The zero-order chi connectivity index (χ0) is 24.0. The van der Waals surface area contributed by atoms with Gasteiger partial charge in [0, 0.05) is 25.2 Å². The number of amides is 3. The molecular formula is C23H33N5O4S. The Labute approximate surface area is 200 Å². The fourth-order valence-corrected chi connectivity index (χ4v) is 4.63. The molecule has 0 aromatic heterocycles. The Hall–Kier alpha value is -2.72. The zero-order valence-electron chi connectivity index (χ0n) is 19.3. The van der Waals surface area contributed by atoms with Gasteiger partial charge in [0.15, 0.2) is 5.11 Å². The molecule has 1 aromatic rings. The lowest BCUT2D eigenvalue weighted by molar-refractivity contribution is -0.130. The number of rotatable bonds is 10. The molecule has 0 radical (unpaired) electrons. The molecule has 180 valence electrons. The maximum Gasteiger partial charge on any atom is 0.251 e. The maximum atomic E-state index is 12.7. The zero-order valence-corrected chi connectivity index (χ0v) is 20.1. The van der Waals surface area contributed by atoms with Gasteiger partial charge in [0.2, 0.25) is 11.8 Å². The SMILES string of the molecule is CCOc1ccc(NC(=O)C[C@H]2C(=O)N(C)C(=S)N2CCCN2CCC(C(N)=O)CC2)cc1. The van der Waals surface area contributed by atoms with Crippen LogP contribution >= 0.6 is 12.2 Å². The summed E-state index contributed by atoms with van der Waals surface area (Å²) in [4.78, 5) is 42.3. The second-order valence-electron chi connectivity index (χ2n) is 8.47. The highest BCUT2D eigenvalue weighted by molar-refractivity contribution is 7.80. The molecule has 3 amide bonds. The third-order valence-electron chi connectivity index (χ3n) is 6.22. The lowest BCUT2D eigenvalue weighted by Crippen LogP contribution is -2.41. The first-order valence-corrected chi connectivity index (χ1v) is 11.8. The fourth-order valence-electron chi connectivity index (χ4n) is 4.32. The molecule has 2 heterocycles. The molecular weight excluding hydrogens is 442 g/mol. The van der Waals surface area contributed by atoms with Gasteiger partial charge < -0.3 is 25.6 Å². The molecule has 3 N–H and O–H groups in total. The van der Waals surface area contributed by atoms with Gasteiger partial charge in [0.25, 0.3) is 5.91 Å². The van der Waals surface area contributed by atoms with E-state index < -0.39 is 6.04 Å². The predicted octanol–water partition coefficient (Wildman–Crippen LogP) is 1.43. The van der Waals surface area contributed by atoms with Crippen LogP contribution in [0, 0.1) is 5.92 Å². The summed E-state index contributed by atoms with van der Waals surface area (Å²) in [6.07, 6.45) is 2.40. The van der Waals surface area contributed by atoms with Gasteiger partial charge in [-0.15, -0.1) is 0 Å². The Bertz CT molecular complexity index is 870. The van der Waals surface area contributed by atoms with Crippen molar-refractivity contribution >= 4 is 40.7 Å². The van der Waals surface area contributed by atoms with Crippen LogP contribution in [0.15, 0.2) is 24.3 Å². The van der Waals surface area contributed by atoms with E-state index in [0.717, 1.165) is 44.6 Å². The molecule has 33 heavy (non-hydrogen) atoms. The number of carbonyl (C=O) groups is 3. The number of benzene rings is 1. The monoisotopic (exact) mass is 475 g/mol. The van der Waals surface area contributed by atoms with Crippen molar-refractivity contribution in [3.63, 3.8) is 0 Å². The predicted molar refractivity (Wildman–Crippen MR) is 130 cm³/mol. The smallest absolute Gasteiger partial charge is 0.251 e. The number of piperidine rings is 1. The highest BCUT2D eigenvalue weighted by Gasteiger charge is 2.41. The summed E-state index contributed by atoms with van der Waals surface area (Å²) in [5.41, 5.74) is 6.05. The quantitative estimate of drug-likeness (QED) is 0.493. The Morgan fingerprint density at radius 3 is 2.45 bits per heavy atom. The second kappa shape index (κ2) is 11.4. The second-order valence-corrected chi connectivity index (χ2v) is 8.84. The summed E-state index contributed by atoms with van der Waals surface area (Å²) in [6, 6.07) is 6.53. The summed E-state index contributed by atoms with van der Waals surface area (Å²) in [7, 11) is 1.65. The van der Waals surface area contributed by atoms with Gasteiger partial charge in [0.1, 0.15) is 11.8 Å². The van der Waals surface area contributed by atoms with E-state index in [1.54, 1.807) is 31.3 Å². The molecule has 9 nitrogen and oxygen atoms in total. The minimum absolute atomic E-state index is 0.0283. The number of hydrogen-bond acceptors (Lipinski definition) is 6. The van der Waals surface area contributed by atoms with E-state index in [0.29, 0.717) is 24.0 Å². The van der Waals surface area contributed by atoms with Crippen LogP contribution in [0.3, 0.4) is 0 Å². The summed E-state index contributed by atoms with van der Waals surface area (Å²) in [6.45, 7) is 5.59. The standard InChI is InChI=1S/C23H33N5O4S/c1-3-32-18-7-5-17(6-8-18)25-20(29)15-19-22(31)26(2)23(33)28(19)12-4-11-27-13-9-16(10-14-27)21(24)30/h5-8,16,19H,3-4,9-15H2,1-2H3,(H2,24,30)(H,25,29)/t19-/m0/s1. The normalized spacial score (nSPS) is 19.8. The Kier molecular flexibility index (Phi) is 8.62. The highest BCUT2D eigenvalue weighted by atomic mass is 32.1. The number of primary amides is 1. The number of thiocarbonyl (C=S) groups is 1. The number of nitrogens with two attached hydrogens (primary N) is 1. The Morgan fingerprint density at radius 2 is 1.85 bits per heavy atom. The molecule has 0 spiro atoms. The van der Waals surface area contributed by atoms with Gasteiger partial charge >= 0.3 is 0 Å². The van der Waals surface area contributed by atoms with Gasteiger partial charge in [-0.25, -0.2) is 0 Å². The first-order valence-electron chi connectivity index (χ1n) is 11.4. The number of likely N-dealkylation sites (tertiary alicyclic amines) is 1. The maximum absolute atomic E-state index is 12.7. The number of hydrogen-bond donors (Lipinski definition) is 2. The molecule has 1 aromatic carbocycles. The summed E-state index contributed by atoms with van der Waals surface area (Å²) in [5.74, 6) is 0.0821. The van der Waals surface area contributed by atoms with E-state index in [4.69, 9.17) is 22.7 Å².